The van der Waals surface area contributed by atoms with Crippen molar-refractivity contribution in [1.82, 2.24) is 14.5 Å². The Hall–Kier alpha value is -3.43. The molecule has 31 heavy (non-hydrogen) atoms. The normalized spacial score (nSPS) is 11.3. The number of para-hydroxylation sites is 1. The summed E-state index contributed by atoms with van der Waals surface area (Å²) in [6.07, 6.45) is 1.34. The summed E-state index contributed by atoms with van der Waals surface area (Å²) in [4.78, 5) is 34.6. The summed E-state index contributed by atoms with van der Waals surface area (Å²) in [5.74, 6) is -0.907. The maximum atomic E-state index is 13.3. The summed E-state index contributed by atoms with van der Waals surface area (Å²) in [6, 6.07) is 13.6. The maximum Gasteiger partial charge on any atom is 0.326 e. The molecular weight excluding hydrogens is 437 g/mol. The van der Waals surface area contributed by atoms with Crippen molar-refractivity contribution in [2.24, 2.45) is 0 Å². The Bertz CT molecular complexity index is 1440. The summed E-state index contributed by atoms with van der Waals surface area (Å²) >= 11 is 2.78. The van der Waals surface area contributed by atoms with Crippen LogP contribution in [0, 0.1) is 5.82 Å². The van der Waals surface area contributed by atoms with Crippen molar-refractivity contribution in [1.29, 1.82) is 0 Å². The Morgan fingerprint density at radius 2 is 1.94 bits per heavy atom. The van der Waals surface area contributed by atoms with Crippen LogP contribution in [0.1, 0.15) is 5.01 Å². The number of rotatable bonds is 5. The lowest BCUT2D eigenvalue weighted by Crippen LogP contribution is -2.25. The smallest absolute Gasteiger partial charge is 0.326 e. The van der Waals surface area contributed by atoms with Crippen molar-refractivity contribution < 1.29 is 13.9 Å². The second-order valence-electron chi connectivity index (χ2n) is 6.75. The first kappa shape index (κ1) is 19.5. The molecule has 5 rings (SSSR count). The van der Waals surface area contributed by atoms with E-state index >= 15 is 0 Å². The van der Waals surface area contributed by atoms with Crippen LogP contribution in [0.4, 0.5) is 4.39 Å². The highest BCUT2D eigenvalue weighted by Gasteiger charge is 2.16. The molecule has 0 aliphatic rings. The summed E-state index contributed by atoms with van der Waals surface area (Å²) in [5, 5.41) is 2.90. The number of ether oxygens (including phenoxy) is 1. The fourth-order valence-corrected chi connectivity index (χ4v) is 5.02. The number of aromatic nitrogens is 3. The molecule has 0 saturated carbocycles. The van der Waals surface area contributed by atoms with E-state index in [2.05, 4.69) is 9.97 Å². The first-order chi connectivity index (χ1) is 15.1. The van der Waals surface area contributed by atoms with Crippen LogP contribution in [0.3, 0.4) is 0 Å². The van der Waals surface area contributed by atoms with Gasteiger partial charge in [-0.1, -0.05) is 24.3 Å². The molecule has 0 atom stereocenters. The van der Waals surface area contributed by atoms with Gasteiger partial charge in [-0.3, -0.25) is 14.2 Å². The van der Waals surface area contributed by atoms with Crippen LogP contribution >= 0.6 is 22.7 Å². The number of thiophene rings is 1. The molecule has 0 aliphatic heterocycles. The zero-order valence-electron chi connectivity index (χ0n) is 15.9. The molecule has 5 aromatic rings. The summed E-state index contributed by atoms with van der Waals surface area (Å²) in [6.45, 7) is -0.215. The van der Waals surface area contributed by atoms with Crippen LogP contribution in [-0.2, 0) is 22.7 Å². The molecule has 2 aromatic carbocycles. The molecule has 0 aliphatic carbocycles. The van der Waals surface area contributed by atoms with Crippen LogP contribution in [0.5, 0.6) is 0 Å². The maximum absolute atomic E-state index is 13.3. The lowest BCUT2D eigenvalue weighted by atomic mass is 10.1. The fraction of sp³-hybridized carbons (Fsp3) is 0.0909. The van der Waals surface area contributed by atoms with Gasteiger partial charge in [0.2, 0.25) is 0 Å². The van der Waals surface area contributed by atoms with Crippen LogP contribution in [0.15, 0.2) is 65.0 Å². The molecule has 0 N–H and O–H groups in total. The van der Waals surface area contributed by atoms with Crippen molar-refractivity contribution in [2.75, 3.05) is 0 Å². The molecule has 0 saturated heterocycles. The Labute approximate surface area is 183 Å². The second-order valence-corrected chi connectivity index (χ2v) is 8.72. The average molecular weight is 452 g/mol. The van der Waals surface area contributed by atoms with E-state index in [0.29, 0.717) is 26.4 Å². The topological polar surface area (TPSA) is 74.1 Å². The van der Waals surface area contributed by atoms with E-state index < -0.39 is 5.97 Å². The largest absolute Gasteiger partial charge is 0.457 e. The molecule has 0 spiro atoms. The minimum atomic E-state index is -0.555. The number of hydrogen-bond donors (Lipinski definition) is 0. The fourth-order valence-electron chi connectivity index (χ4n) is 3.23. The van der Waals surface area contributed by atoms with Crippen molar-refractivity contribution in [3.8, 4) is 11.1 Å². The lowest BCUT2D eigenvalue weighted by molar-refractivity contribution is -0.145. The zero-order chi connectivity index (χ0) is 21.4. The Balaban J connectivity index is 1.36. The van der Waals surface area contributed by atoms with Crippen LogP contribution < -0.4 is 5.56 Å². The van der Waals surface area contributed by atoms with Crippen molar-refractivity contribution >= 4 is 49.1 Å². The second kappa shape index (κ2) is 8.01. The highest BCUT2D eigenvalue weighted by molar-refractivity contribution is 7.18. The van der Waals surface area contributed by atoms with Gasteiger partial charge in [-0.2, -0.15) is 0 Å². The van der Waals surface area contributed by atoms with Gasteiger partial charge in [0.05, 0.1) is 21.9 Å². The van der Waals surface area contributed by atoms with Crippen molar-refractivity contribution in [3.63, 3.8) is 0 Å². The van der Waals surface area contributed by atoms with E-state index in [0.717, 1.165) is 10.2 Å². The molecule has 9 heteroatoms. The van der Waals surface area contributed by atoms with Gasteiger partial charge in [0, 0.05) is 10.9 Å². The Kier molecular flexibility index (Phi) is 5.05. The van der Waals surface area contributed by atoms with E-state index in [1.807, 2.05) is 29.6 Å². The third kappa shape index (κ3) is 3.85. The van der Waals surface area contributed by atoms with Gasteiger partial charge in [0.15, 0.2) is 0 Å². The van der Waals surface area contributed by atoms with Crippen LogP contribution in [-0.4, -0.2) is 20.5 Å². The van der Waals surface area contributed by atoms with E-state index in [1.165, 1.54) is 45.7 Å². The van der Waals surface area contributed by atoms with E-state index in [9.17, 15) is 14.0 Å². The molecule has 154 valence electrons. The van der Waals surface area contributed by atoms with E-state index in [1.54, 1.807) is 12.1 Å². The number of hydrogen-bond acceptors (Lipinski definition) is 7. The molecule has 0 fully saturated rings. The zero-order valence-corrected chi connectivity index (χ0v) is 17.6. The van der Waals surface area contributed by atoms with Gasteiger partial charge in [-0.25, -0.2) is 14.4 Å². The molecule has 6 nitrogen and oxygen atoms in total. The highest BCUT2D eigenvalue weighted by Crippen LogP contribution is 2.30. The van der Waals surface area contributed by atoms with Crippen molar-refractivity contribution in [3.05, 3.63) is 81.4 Å². The number of benzene rings is 2. The SMILES string of the molecule is O=C(Cn1cnc2scc(-c3ccc(F)cc3)c2c1=O)OCc1nc2ccccc2s1. The minimum Gasteiger partial charge on any atom is -0.457 e. The first-order valence-corrected chi connectivity index (χ1v) is 11.0. The highest BCUT2D eigenvalue weighted by atomic mass is 32.1. The van der Waals surface area contributed by atoms with E-state index in [-0.39, 0.29) is 24.5 Å². The summed E-state index contributed by atoms with van der Waals surface area (Å²) in [7, 11) is 0. The van der Waals surface area contributed by atoms with Gasteiger partial charge in [-0.15, -0.1) is 22.7 Å². The average Bonchev–Trinajstić information content (AvgIpc) is 3.39. The number of fused-ring (bicyclic) bond motifs is 2. The third-order valence-corrected chi connectivity index (χ3v) is 6.61. The Morgan fingerprint density at radius 1 is 1.13 bits per heavy atom. The summed E-state index contributed by atoms with van der Waals surface area (Å²) in [5.41, 5.74) is 1.88. The van der Waals surface area contributed by atoms with Gasteiger partial charge in [0.25, 0.3) is 5.56 Å². The van der Waals surface area contributed by atoms with Crippen LogP contribution in [0.25, 0.3) is 31.6 Å². The molecule has 0 bridgehead atoms. The predicted octanol–water partition coefficient (Wildman–Crippen LogP) is 4.62. The molecule has 0 unspecified atom stereocenters. The van der Waals surface area contributed by atoms with Crippen LogP contribution in [0.2, 0.25) is 0 Å². The molecule has 3 aromatic heterocycles. The van der Waals surface area contributed by atoms with Gasteiger partial charge < -0.3 is 4.74 Å². The summed E-state index contributed by atoms with van der Waals surface area (Å²) < 4.78 is 20.8. The number of nitrogens with zero attached hydrogens (tertiary/aromatic N) is 3. The third-order valence-electron chi connectivity index (χ3n) is 4.71. The quantitative estimate of drug-likeness (QED) is 0.365. The molecule has 3 heterocycles. The number of halogens is 1. The number of carbonyl (C=O) groups is 1. The molecular formula is C22H14FN3O3S2. The monoisotopic (exact) mass is 451 g/mol. The standard InChI is InChI=1S/C22H14FN3O3S2/c23-14-7-5-13(6-8-14)15-11-30-21-20(15)22(28)26(12-24-21)9-19(27)29-10-18-25-16-3-1-2-4-17(16)31-18/h1-8,11-12H,9-10H2. The number of thiazole rings is 1. The van der Waals surface area contributed by atoms with Gasteiger partial charge >= 0.3 is 5.97 Å². The van der Waals surface area contributed by atoms with Gasteiger partial charge in [-0.05, 0) is 29.8 Å². The number of carbonyl (C=O) groups excluding carboxylic acids is 1. The van der Waals surface area contributed by atoms with Gasteiger partial charge in [0.1, 0.15) is 28.8 Å². The Morgan fingerprint density at radius 3 is 2.74 bits per heavy atom. The predicted molar refractivity (Wildman–Crippen MR) is 119 cm³/mol. The molecule has 0 amide bonds. The van der Waals surface area contributed by atoms with Crippen molar-refractivity contribution in [2.45, 2.75) is 13.2 Å². The minimum absolute atomic E-state index is 0.0435. The first-order valence-electron chi connectivity index (χ1n) is 9.31. The van der Waals surface area contributed by atoms with E-state index in [4.69, 9.17) is 4.74 Å². The number of esters is 1. The molecule has 0 radical (unpaired) electrons. The lowest BCUT2D eigenvalue weighted by Gasteiger charge is -2.06.